The van der Waals surface area contributed by atoms with Crippen molar-refractivity contribution in [3.8, 4) is 5.88 Å². The second-order valence-electron chi connectivity index (χ2n) is 7.55. The molecular weight excluding hydrogens is 394 g/mol. The zero-order valence-corrected chi connectivity index (χ0v) is 17.6. The third-order valence-electron chi connectivity index (χ3n) is 5.35. The number of nitrogens with zero attached hydrogens (tertiary/aromatic N) is 3. The van der Waals surface area contributed by atoms with Crippen LogP contribution < -0.4 is 20.3 Å². The molecule has 3 aromatic rings. The lowest BCUT2D eigenvalue weighted by molar-refractivity contribution is -0.120. The summed E-state index contributed by atoms with van der Waals surface area (Å²) in [4.78, 5) is 35.3. The predicted molar refractivity (Wildman–Crippen MR) is 120 cm³/mol. The highest BCUT2D eigenvalue weighted by Gasteiger charge is 2.27. The molecule has 1 saturated heterocycles. The number of ether oxygens (including phenoxy) is 1. The van der Waals surface area contributed by atoms with Gasteiger partial charge in [0, 0.05) is 37.3 Å². The van der Waals surface area contributed by atoms with E-state index in [0.717, 1.165) is 11.0 Å². The van der Waals surface area contributed by atoms with Crippen LogP contribution in [-0.4, -0.2) is 42.0 Å². The van der Waals surface area contributed by atoms with Crippen LogP contribution in [-0.2, 0) is 9.59 Å². The minimum atomic E-state index is -0.128. The van der Waals surface area contributed by atoms with Crippen molar-refractivity contribution in [1.82, 2.24) is 9.97 Å². The fourth-order valence-electron chi connectivity index (χ4n) is 3.76. The molecule has 0 aliphatic carbocycles. The largest absolute Gasteiger partial charge is 0.478 e. The summed E-state index contributed by atoms with van der Waals surface area (Å²) in [5.41, 5.74) is 3.02. The summed E-state index contributed by atoms with van der Waals surface area (Å²) < 4.78 is 5.47. The summed E-state index contributed by atoms with van der Waals surface area (Å²) in [6.07, 6.45) is 1.43. The molecule has 0 unspecified atom stereocenters. The van der Waals surface area contributed by atoms with Crippen molar-refractivity contribution in [2.75, 3.05) is 35.7 Å². The van der Waals surface area contributed by atoms with E-state index in [1.165, 1.54) is 6.92 Å². The highest BCUT2D eigenvalue weighted by Crippen LogP contribution is 2.30. The van der Waals surface area contributed by atoms with Crippen molar-refractivity contribution < 1.29 is 14.3 Å². The van der Waals surface area contributed by atoms with Gasteiger partial charge in [0.05, 0.1) is 18.1 Å². The molecule has 160 valence electrons. The lowest BCUT2D eigenvalue weighted by Crippen LogP contribution is -2.38. The molecule has 8 nitrogen and oxygen atoms in total. The van der Waals surface area contributed by atoms with Crippen molar-refractivity contribution in [1.29, 1.82) is 0 Å². The first kappa shape index (κ1) is 20.6. The number of rotatable bonds is 5. The van der Waals surface area contributed by atoms with Gasteiger partial charge in [0.2, 0.25) is 11.8 Å². The molecule has 0 spiro atoms. The van der Waals surface area contributed by atoms with Crippen molar-refractivity contribution in [2.24, 2.45) is 5.92 Å². The predicted octanol–water partition coefficient (Wildman–Crippen LogP) is 3.45. The molecule has 1 aromatic heterocycles. The number of piperidine rings is 1. The van der Waals surface area contributed by atoms with Crippen LogP contribution in [0.3, 0.4) is 0 Å². The third-order valence-corrected chi connectivity index (χ3v) is 5.35. The molecule has 4 rings (SSSR count). The number of carbonyl (C=O) groups is 2. The standard InChI is InChI=1S/C23H25N5O3/c1-15(29)24-17-7-9-18(10-8-17)25-22(30)16-11-13-28(14-12-16)21-23(31-2)27-20-6-4-3-5-19(20)26-21/h3-10,16H,11-14H2,1-2H3,(H,24,29)(H,25,30). The van der Waals surface area contributed by atoms with Gasteiger partial charge < -0.3 is 20.3 Å². The number of methoxy groups -OCH3 is 1. The quantitative estimate of drug-likeness (QED) is 0.658. The number of amides is 2. The number of nitrogens with one attached hydrogen (secondary N) is 2. The number of para-hydroxylation sites is 2. The highest BCUT2D eigenvalue weighted by molar-refractivity contribution is 5.93. The Kier molecular flexibility index (Phi) is 5.97. The molecule has 31 heavy (non-hydrogen) atoms. The molecular formula is C23H25N5O3. The van der Waals surface area contributed by atoms with Crippen molar-refractivity contribution >= 4 is 40.0 Å². The Morgan fingerprint density at radius 1 is 0.935 bits per heavy atom. The van der Waals surface area contributed by atoms with Crippen LogP contribution in [0.15, 0.2) is 48.5 Å². The van der Waals surface area contributed by atoms with E-state index in [-0.39, 0.29) is 17.7 Å². The number of carbonyl (C=O) groups excluding carboxylic acids is 2. The number of hydrogen-bond donors (Lipinski definition) is 2. The molecule has 1 fully saturated rings. The Morgan fingerprint density at radius 2 is 1.52 bits per heavy atom. The zero-order chi connectivity index (χ0) is 21.8. The SMILES string of the molecule is COc1nc2ccccc2nc1N1CCC(C(=O)Nc2ccc(NC(C)=O)cc2)CC1. The van der Waals surface area contributed by atoms with Gasteiger partial charge >= 0.3 is 0 Å². The number of anilines is 3. The van der Waals surface area contributed by atoms with Crippen molar-refractivity contribution in [3.05, 3.63) is 48.5 Å². The van der Waals surface area contributed by atoms with Gasteiger partial charge in [-0.3, -0.25) is 9.59 Å². The first-order valence-electron chi connectivity index (χ1n) is 10.3. The molecule has 0 saturated carbocycles. The van der Waals surface area contributed by atoms with Gasteiger partial charge in [-0.2, -0.15) is 0 Å². The molecule has 0 atom stereocenters. The number of hydrogen-bond acceptors (Lipinski definition) is 6. The molecule has 0 radical (unpaired) electrons. The molecule has 1 aliphatic rings. The first-order valence-corrected chi connectivity index (χ1v) is 10.3. The topological polar surface area (TPSA) is 96.5 Å². The van der Waals surface area contributed by atoms with E-state index in [4.69, 9.17) is 9.72 Å². The first-order chi connectivity index (χ1) is 15.0. The fraction of sp³-hybridized carbons (Fsp3) is 0.304. The maximum atomic E-state index is 12.7. The van der Waals surface area contributed by atoms with E-state index < -0.39 is 0 Å². The average Bonchev–Trinajstić information content (AvgIpc) is 2.79. The second kappa shape index (κ2) is 8.99. The van der Waals surface area contributed by atoms with E-state index in [9.17, 15) is 9.59 Å². The molecule has 1 aliphatic heterocycles. The van der Waals surface area contributed by atoms with Crippen LogP contribution >= 0.6 is 0 Å². The Bertz CT molecular complexity index is 1090. The molecule has 2 aromatic carbocycles. The van der Waals surface area contributed by atoms with E-state index >= 15 is 0 Å². The van der Waals surface area contributed by atoms with Gasteiger partial charge in [-0.25, -0.2) is 9.97 Å². The smallest absolute Gasteiger partial charge is 0.257 e. The lowest BCUT2D eigenvalue weighted by atomic mass is 9.96. The fourth-order valence-corrected chi connectivity index (χ4v) is 3.76. The van der Waals surface area contributed by atoms with Crippen LogP contribution in [0, 0.1) is 5.92 Å². The van der Waals surface area contributed by atoms with Gasteiger partial charge in [-0.15, -0.1) is 0 Å². The third kappa shape index (κ3) is 4.74. The summed E-state index contributed by atoms with van der Waals surface area (Å²) in [6.45, 7) is 2.85. The number of aromatic nitrogens is 2. The van der Waals surface area contributed by atoms with Gasteiger partial charge in [0.15, 0.2) is 5.82 Å². The van der Waals surface area contributed by atoms with E-state index in [2.05, 4.69) is 20.5 Å². The maximum absolute atomic E-state index is 12.7. The van der Waals surface area contributed by atoms with Gasteiger partial charge in [-0.05, 0) is 49.2 Å². The Labute approximate surface area is 180 Å². The van der Waals surface area contributed by atoms with E-state index in [0.29, 0.717) is 49.0 Å². The van der Waals surface area contributed by atoms with Crippen molar-refractivity contribution in [3.63, 3.8) is 0 Å². The average molecular weight is 419 g/mol. The minimum absolute atomic E-state index is 0.00323. The summed E-state index contributed by atoms with van der Waals surface area (Å²) in [5, 5.41) is 5.68. The molecule has 2 heterocycles. The Balaban J connectivity index is 1.39. The summed E-state index contributed by atoms with van der Waals surface area (Å²) >= 11 is 0. The normalized spacial score (nSPS) is 14.3. The van der Waals surface area contributed by atoms with Gasteiger partial charge in [-0.1, -0.05) is 12.1 Å². The molecule has 2 amide bonds. The molecule has 2 N–H and O–H groups in total. The molecule has 8 heteroatoms. The summed E-state index contributed by atoms with van der Waals surface area (Å²) in [7, 11) is 1.60. The van der Waals surface area contributed by atoms with Crippen molar-refractivity contribution in [2.45, 2.75) is 19.8 Å². The van der Waals surface area contributed by atoms with E-state index in [1.807, 2.05) is 24.3 Å². The summed E-state index contributed by atoms with van der Waals surface area (Å²) in [5.74, 6) is 1.01. The Hall–Kier alpha value is -3.68. The highest BCUT2D eigenvalue weighted by atomic mass is 16.5. The summed E-state index contributed by atoms with van der Waals surface area (Å²) in [6, 6.07) is 14.8. The van der Waals surface area contributed by atoms with Crippen LogP contribution in [0.25, 0.3) is 11.0 Å². The molecule has 0 bridgehead atoms. The van der Waals surface area contributed by atoms with Gasteiger partial charge in [0.1, 0.15) is 0 Å². The van der Waals surface area contributed by atoms with Crippen LogP contribution in [0.5, 0.6) is 5.88 Å². The van der Waals surface area contributed by atoms with Crippen LogP contribution in [0.4, 0.5) is 17.2 Å². The van der Waals surface area contributed by atoms with Crippen LogP contribution in [0.2, 0.25) is 0 Å². The second-order valence-corrected chi connectivity index (χ2v) is 7.55. The minimum Gasteiger partial charge on any atom is -0.478 e. The number of benzene rings is 2. The van der Waals surface area contributed by atoms with Gasteiger partial charge in [0.25, 0.3) is 5.88 Å². The zero-order valence-electron chi connectivity index (χ0n) is 17.6. The maximum Gasteiger partial charge on any atom is 0.257 e. The van der Waals surface area contributed by atoms with E-state index in [1.54, 1.807) is 31.4 Å². The number of fused-ring (bicyclic) bond motifs is 1. The Morgan fingerprint density at radius 3 is 2.10 bits per heavy atom. The monoisotopic (exact) mass is 419 g/mol. The van der Waals surface area contributed by atoms with Crippen LogP contribution in [0.1, 0.15) is 19.8 Å². The lowest BCUT2D eigenvalue weighted by Gasteiger charge is -2.32.